The van der Waals surface area contributed by atoms with Crippen molar-refractivity contribution in [2.75, 3.05) is 24.6 Å². The molecule has 0 rings (SSSR count). The molecule has 1 amide bonds. The van der Waals surface area contributed by atoms with Gasteiger partial charge in [-0.25, -0.2) is 8.42 Å². The molecule has 0 saturated heterocycles. The molecule has 16 heavy (non-hydrogen) atoms. The largest absolute Gasteiger partial charge is 0.342 e. The minimum absolute atomic E-state index is 0.115. The fraction of sp³-hybridized carbons (Fsp3) is 0.900. The number of sulfone groups is 1. The third-order valence-electron chi connectivity index (χ3n) is 2.45. The number of nitrogens with zero attached hydrogens (tertiary/aromatic N) is 1. The first-order valence-electron chi connectivity index (χ1n) is 5.60. The van der Waals surface area contributed by atoms with Crippen molar-refractivity contribution < 1.29 is 13.2 Å². The molecular formula is C10H22N2O3S. The average molecular weight is 250 g/mol. The van der Waals surface area contributed by atoms with Crippen LogP contribution in [0.3, 0.4) is 0 Å². The maximum absolute atomic E-state index is 11.6. The number of rotatable bonds is 7. The highest BCUT2D eigenvalue weighted by Crippen LogP contribution is 2.00. The third kappa shape index (κ3) is 5.46. The first-order chi connectivity index (χ1) is 7.36. The summed E-state index contributed by atoms with van der Waals surface area (Å²) in [5.41, 5.74) is 5.57. The number of carbonyl (C=O) groups is 1. The quantitative estimate of drug-likeness (QED) is 0.690. The van der Waals surface area contributed by atoms with Crippen LogP contribution in [0.5, 0.6) is 0 Å². The molecule has 0 heterocycles. The normalized spacial score (nSPS) is 13.5. The molecule has 2 N–H and O–H groups in total. The van der Waals surface area contributed by atoms with Crippen LogP contribution in [-0.4, -0.2) is 49.9 Å². The molecule has 6 heteroatoms. The van der Waals surface area contributed by atoms with Crippen LogP contribution in [0.25, 0.3) is 0 Å². The van der Waals surface area contributed by atoms with Crippen LogP contribution in [-0.2, 0) is 14.6 Å². The molecule has 1 unspecified atom stereocenters. The van der Waals surface area contributed by atoms with Gasteiger partial charge in [0.2, 0.25) is 5.91 Å². The number of hydrogen-bond donors (Lipinski definition) is 1. The molecule has 0 aliphatic heterocycles. The molecule has 0 aliphatic rings. The highest BCUT2D eigenvalue weighted by molar-refractivity contribution is 7.92. The minimum Gasteiger partial charge on any atom is -0.342 e. The van der Waals surface area contributed by atoms with Gasteiger partial charge in [-0.15, -0.1) is 0 Å². The van der Waals surface area contributed by atoms with E-state index >= 15 is 0 Å². The minimum atomic E-state index is -3.37. The summed E-state index contributed by atoms with van der Waals surface area (Å²) in [6, 6.07) is -0.380. The Morgan fingerprint density at radius 2 is 1.75 bits per heavy atom. The van der Waals surface area contributed by atoms with Gasteiger partial charge in [-0.3, -0.25) is 4.79 Å². The summed E-state index contributed by atoms with van der Waals surface area (Å²) < 4.78 is 23.2. The van der Waals surface area contributed by atoms with Crippen molar-refractivity contribution in [2.24, 2.45) is 5.73 Å². The molecule has 0 radical (unpaired) electrons. The van der Waals surface area contributed by atoms with Crippen molar-refractivity contribution in [1.29, 1.82) is 0 Å². The Labute approximate surface area is 97.9 Å². The molecule has 0 fully saturated rings. The van der Waals surface area contributed by atoms with E-state index in [0.717, 1.165) is 0 Å². The molecular weight excluding hydrogens is 228 g/mol. The van der Waals surface area contributed by atoms with Crippen LogP contribution in [0.4, 0.5) is 0 Å². The summed E-state index contributed by atoms with van der Waals surface area (Å²) in [7, 11) is -3.37. The van der Waals surface area contributed by atoms with Gasteiger partial charge in [0.05, 0.1) is 5.75 Å². The van der Waals surface area contributed by atoms with Crippen LogP contribution < -0.4 is 5.73 Å². The predicted molar refractivity (Wildman–Crippen MR) is 64.8 cm³/mol. The Kier molecular flexibility index (Phi) is 6.59. The molecule has 0 aliphatic carbocycles. The van der Waals surface area contributed by atoms with Crippen molar-refractivity contribution in [3.05, 3.63) is 0 Å². The highest BCUT2D eigenvalue weighted by atomic mass is 32.2. The monoisotopic (exact) mass is 250 g/mol. The zero-order chi connectivity index (χ0) is 12.8. The second-order valence-corrected chi connectivity index (χ2v) is 5.90. The topological polar surface area (TPSA) is 80.5 Å². The van der Waals surface area contributed by atoms with Gasteiger partial charge in [0.25, 0.3) is 0 Å². The number of nitrogens with two attached hydrogens (primary N) is 1. The molecule has 0 spiro atoms. The second kappa shape index (κ2) is 6.85. The van der Waals surface area contributed by atoms with E-state index in [1.807, 2.05) is 20.8 Å². The van der Waals surface area contributed by atoms with E-state index in [-0.39, 0.29) is 17.7 Å². The molecule has 0 aromatic rings. The lowest BCUT2D eigenvalue weighted by Crippen LogP contribution is -2.38. The SMILES string of the molecule is CCC(N)CS(=O)(=O)CC(=O)N(CC)CC. The van der Waals surface area contributed by atoms with E-state index in [1.54, 1.807) is 0 Å². The molecule has 0 bridgehead atoms. The summed E-state index contributed by atoms with van der Waals surface area (Å²) in [6.07, 6.45) is 0.596. The summed E-state index contributed by atoms with van der Waals surface area (Å²) in [5, 5.41) is 0. The van der Waals surface area contributed by atoms with E-state index in [4.69, 9.17) is 5.73 Å². The van der Waals surface area contributed by atoms with Crippen molar-refractivity contribution >= 4 is 15.7 Å². The van der Waals surface area contributed by atoms with Crippen molar-refractivity contribution in [3.63, 3.8) is 0 Å². The summed E-state index contributed by atoms with van der Waals surface area (Å²) in [5.74, 6) is -0.882. The second-order valence-electron chi connectivity index (χ2n) is 3.79. The van der Waals surface area contributed by atoms with Gasteiger partial charge in [0.15, 0.2) is 9.84 Å². The van der Waals surface area contributed by atoms with Gasteiger partial charge in [-0.1, -0.05) is 6.92 Å². The Balaban J connectivity index is 4.42. The fourth-order valence-corrected chi connectivity index (χ4v) is 2.92. The summed E-state index contributed by atoms with van der Waals surface area (Å²) >= 11 is 0. The first-order valence-corrected chi connectivity index (χ1v) is 7.42. The Morgan fingerprint density at radius 1 is 1.25 bits per heavy atom. The number of hydrogen-bond acceptors (Lipinski definition) is 4. The van der Waals surface area contributed by atoms with Gasteiger partial charge in [-0.2, -0.15) is 0 Å². The van der Waals surface area contributed by atoms with Crippen LogP contribution in [0.1, 0.15) is 27.2 Å². The van der Waals surface area contributed by atoms with Crippen LogP contribution in [0.15, 0.2) is 0 Å². The smallest absolute Gasteiger partial charge is 0.237 e. The van der Waals surface area contributed by atoms with E-state index in [2.05, 4.69) is 0 Å². The maximum atomic E-state index is 11.6. The molecule has 1 atom stereocenters. The number of carbonyl (C=O) groups excluding carboxylic acids is 1. The fourth-order valence-electron chi connectivity index (χ4n) is 1.36. The lowest BCUT2D eigenvalue weighted by atomic mass is 10.3. The third-order valence-corrected chi connectivity index (χ3v) is 4.07. The van der Waals surface area contributed by atoms with E-state index in [0.29, 0.717) is 19.5 Å². The lowest BCUT2D eigenvalue weighted by molar-refractivity contribution is -0.128. The molecule has 96 valence electrons. The lowest BCUT2D eigenvalue weighted by Gasteiger charge is -2.19. The molecule has 5 nitrogen and oxygen atoms in total. The predicted octanol–water partition coefficient (Wildman–Crippen LogP) is 0.00690. The van der Waals surface area contributed by atoms with Crippen molar-refractivity contribution in [1.82, 2.24) is 4.90 Å². The van der Waals surface area contributed by atoms with Gasteiger partial charge in [0.1, 0.15) is 5.75 Å². The van der Waals surface area contributed by atoms with Gasteiger partial charge in [0, 0.05) is 19.1 Å². The highest BCUT2D eigenvalue weighted by Gasteiger charge is 2.21. The zero-order valence-electron chi connectivity index (χ0n) is 10.3. The van der Waals surface area contributed by atoms with Gasteiger partial charge >= 0.3 is 0 Å². The van der Waals surface area contributed by atoms with Crippen molar-refractivity contribution in [2.45, 2.75) is 33.2 Å². The van der Waals surface area contributed by atoms with Gasteiger partial charge < -0.3 is 10.6 Å². The van der Waals surface area contributed by atoms with E-state index < -0.39 is 15.6 Å². The maximum Gasteiger partial charge on any atom is 0.237 e. The Bertz CT molecular complexity index is 310. The molecule has 0 aromatic heterocycles. The summed E-state index contributed by atoms with van der Waals surface area (Å²) in [4.78, 5) is 13.1. The van der Waals surface area contributed by atoms with Crippen molar-refractivity contribution in [3.8, 4) is 0 Å². The van der Waals surface area contributed by atoms with Gasteiger partial charge in [-0.05, 0) is 20.3 Å². The van der Waals surface area contributed by atoms with Crippen LogP contribution in [0.2, 0.25) is 0 Å². The zero-order valence-corrected chi connectivity index (χ0v) is 11.1. The Morgan fingerprint density at radius 3 is 2.12 bits per heavy atom. The van der Waals surface area contributed by atoms with E-state index in [1.165, 1.54) is 4.90 Å². The Hall–Kier alpha value is -0.620. The summed E-state index contributed by atoms with van der Waals surface area (Å²) in [6.45, 7) is 6.54. The average Bonchev–Trinajstić information content (AvgIpc) is 2.17. The standard InChI is InChI=1S/C10H22N2O3S/c1-4-9(11)7-16(14,15)8-10(13)12(5-2)6-3/h9H,4-8,11H2,1-3H3. The van der Waals surface area contributed by atoms with E-state index in [9.17, 15) is 13.2 Å². The first kappa shape index (κ1) is 15.4. The molecule has 0 aromatic carbocycles. The number of amides is 1. The van der Waals surface area contributed by atoms with Crippen LogP contribution >= 0.6 is 0 Å². The molecule has 0 saturated carbocycles. The van der Waals surface area contributed by atoms with Crippen LogP contribution in [0, 0.1) is 0 Å².